The number of likely N-dealkylation sites (tertiary alicyclic amines) is 1. The lowest BCUT2D eigenvalue weighted by atomic mass is 9.96. The van der Waals surface area contributed by atoms with Crippen molar-refractivity contribution in [2.24, 2.45) is 5.92 Å². The smallest absolute Gasteiger partial charge is 0.293 e. The van der Waals surface area contributed by atoms with Gasteiger partial charge in [-0.1, -0.05) is 12.1 Å². The van der Waals surface area contributed by atoms with E-state index in [1.165, 1.54) is 12.8 Å². The standard InChI is InChI=1S/C22H31N5O2/c1-2-27-19-8-4-3-7-18(19)24-20(22(27)29)26-14-9-17(10-15-26)21(28)23-11-16-25-12-5-6-13-25/h3-4,7-8,17H,2,5-6,9-16H2,1H3,(H,23,28). The topological polar surface area (TPSA) is 70.5 Å². The Morgan fingerprint density at radius 3 is 2.59 bits per heavy atom. The molecule has 2 fully saturated rings. The van der Waals surface area contributed by atoms with Crippen molar-refractivity contribution >= 4 is 22.8 Å². The molecule has 4 rings (SSSR count). The highest BCUT2D eigenvalue weighted by molar-refractivity contribution is 5.79. The number of hydrogen-bond donors (Lipinski definition) is 1. The maximum absolute atomic E-state index is 13.0. The van der Waals surface area contributed by atoms with Crippen LogP contribution in [0.4, 0.5) is 5.82 Å². The van der Waals surface area contributed by atoms with Gasteiger partial charge in [0.1, 0.15) is 0 Å². The molecule has 156 valence electrons. The van der Waals surface area contributed by atoms with Crippen LogP contribution < -0.4 is 15.8 Å². The molecule has 1 N–H and O–H groups in total. The van der Waals surface area contributed by atoms with Gasteiger partial charge in [0.2, 0.25) is 5.91 Å². The summed E-state index contributed by atoms with van der Waals surface area (Å²) in [4.78, 5) is 34.6. The predicted octanol–water partition coefficient (Wildman–Crippen LogP) is 1.84. The summed E-state index contributed by atoms with van der Waals surface area (Å²) in [5.41, 5.74) is 1.67. The highest BCUT2D eigenvalue weighted by atomic mass is 16.2. The molecule has 0 aliphatic carbocycles. The van der Waals surface area contributed by atoms with Crippen LogP contribution in [0.3, 0.4) is 0 Å². The number of rotatable bonds is 6. The molecule has 2 aromatic rings. The second kappa shape index (κ2) is 8.95. The lowest BCUT2D eigenvalue weighted by molar-refractivity contribution is -0.125. The third-order valence-corrected chi connectivity index (χ3v) is 6.24. The molecule has 2 saturated heterocycles. The Morgan fingerprint density at radius 2 is 1.86 bits per heavy atom. The van der Waals surface area contributed by atoms with Crippen molar-refractivity contribution < 1.29 is 4.79 Å². The fraction of sp³-hybridized carbons (Fsp3) is 0.591. The predicted molar refractivity (Wildman–Crippen MR) is 115 cm³/mol. The number of carbonyl (C=O) groups is 1. The molecule has 7 nitrogen and oxygen atoms in total. The van der Waals surface area contributed by atoms with Gasteiger partial charge in [0.05, 0.1) is 11.0 Å². The van der Waals surface area contributed by atoms with E-state index in [4.69, 9.17) is 0 Å². The van der Waals surface area contributed by atoms with Crippen LogP contribution in [-0.2, 0) is 11.3 Å². The highest BCUT2D eigenvalue weighted by Gasteiger charge is 2.27. The first-order valence-corrected chi connectivity index (χ1v) is 10.9. The Hall–Kier alpha value is -2.41. The SMILES string of the molecule is CCn1c(=O)c(N2CCC(C(=O)NCCN3CCCC3)CC2)nc2ccccc21. The average Bonchev–Trinajstić information content (AvgIpc) is 3.27. The first-order chi connectivity index (χ1) is 14.2. The van der Waals surface area contributed by atoms with E-state index in [-0.39, 0.29) is 17.4 Å². The molecule has 2 aliphatic heterocycles. The van der Waals surface area contributed by atoms with Crippen molar-refractivity contribution in [3.05, 3.63) is 34.6 Å². The molecular formula is C22H31N5O2. The summed E-state index contributed by atoms with van der Waals surface area (Å²) < 4.78 is 1.79. The Kier molecular flexibility index (Phi) is 6.13. The monoisotopic (exact) mass is 397 g/mol. The molecule has 0 unspecified atom stereocenters. The van der Waals surface area contributed by atoms with Gasteiger partial charge in [-0.2, -0.15) is 0 Å². The number of fused-ring (bicyclic) bond motifs is 1. The van der Waals surface area contributed by atoms with Crippen LogP contribution in [0.2, 0.25) is 0 Å². The van der Waals surface area contributed by atoms with Gasteiger partial charge in [-0.3, -0.25) is 9.59 Å². The van der Waals surface area contributed by atoms with Gasteiger partial charge in [0.15, 0.2) is 5.82 Å². The third-order valence-electron chi connectivity index (χ3n) is 6.24. The number of anilines is 1. The van der Waals surface area contributed by atoms with Gasteiger partial charge >= 0.3 is 0 Å². The average molecular weight is 398 g/mol. The van der Waals surface area contributed by atoms with Crippen LogP contribution in [0, 0.1) is 5.92 Å². The fourth-order valence-corrected chi connectivity index (χ4v) is 4.54. The Morgan fingerprint density at radius 1 is 1.14 bits per heavy atom. The van der Waals surface area contributed by atoms with Gasteiger partial charge in [0.25, 0.3) is 5.56 Å². The lowest BCUT2D eigenvalue weighted by Crippen LogP contribution is -2.44. The maximum Gasteiger partial charge on any atom is 0.293 e. The molecule has 0 bridgehead atoms. The zero-order chi connectivity index (χ0) is 20.2. The molecule has 0 saturated carbocycles. The van der Waals surface area contributed by atoms with Crippen LogP contribution in [0.15, 0.2) is 29.1 Å². The number of aryl methyl sites for hydroxylation is 1. The number of benzene rings is 1. The van der Waals surface area contributed by atoms with E-state index in [1.54, 1.807) is 4.57 Å². The number of carbonyl (C=O) groups excluding carboxylic acids is 1. The highest BCUT2D eigenvalue weighted by Crippen LogP contribution is 2.22. The van der Waals surface area contributed by atoms with Gasteiger partial charge in [0, 0.05) is 38.6 Å². The van der Waals surface area contributed by atoms with Gasteiger partial charge in [-0.25, -0.2) is 4.98 Å². The Labute approximate surface area is 171 Å². The minimum absolute atomic E-state index is 0.0266. The van der Waals surface area contributed by atoms with E-state index in [1.807, 2.05) is 31.2 Å². The lowest BCUT2D eigenvalue weighted by Gasteiger charge is -2.32. The van der Waals surface area contributed by atoms with Crippen LogP contribution in [0.5, 0.6) is 0 Å². The summed E-state index contributed by atoms with van der Waals surface area (Å²) in [6.45, 7) is 7.96. The van der Waals surface area contributed by atoms with Crippen molar-refractivity contribution in [3.63, 3.8) is 0 Å². The van der Waals surface area contributed by atoms with Crippen molar-refractivity contribution in [2.45, 2.75) is 39.2 Å². The van der Waals surface area contributed by atoms with Gasteiger partial charge < -0.3 is 19.7 Å². The maximum atomic E-state index is 13.0. The summed E-state index contributed by atoms with van der Waals surface area (Å²) in [5.74, 6) is 0.693. The molecular weight excluding hydrogens is 366 g/mol. The molecule has 0 atom stereocenters. The number of hydrogen-bond acceptors (Lipinski definition) is 5. The zero-order valence-corrected chi connectivity index (χ0v) is 17.3. The summed E-state index contributed by atoms with van der Waals surface area (Å²) in [6, 6.07) is 7.77. The number of para-hydroxylation sites is 2. The largest absolute Gasteiger partial charge is 0.355 e. The van der Waals surface area contributed by atoms with Crippen molar-refractivity contribution in [2.75, 3.05) is 44.2 Å². The number of aromatic nitrogens is 2. The van der Waals surface area contributed by atoms with Crippen molar-refractivity contribution in [1.82, 2.24) is 19.8 Å². The first kappa shape index (κ1) is 19.9. The summed E-state index contributed by atoms with van der Waals surface area (Å²) >= 11 is 0. The van der Waals surface area contributed by atoms with Crippen LogP contribution in [-0.4, -0.2) is 59.6 Å². The molecule has 0 radical (unpaired) electrons. The fourth-order valence-electron chi connectivity index (χ4n) is 4.54. The van der Waals surface area contributed by atoms with E-state index >= 15 is 0 Å². The molecule has 2 aliphatic rings. The Balaban J connectivity index is 1.37. The Bertz CT molecular complexity index is 911. The van der Waals surface area contributed by atoms with Crippen LogP contribution in [0.25, 0.3) is 11.0 Å². The second-order valence-electron chi connectivity index (χ2n) is 8.07. The molecule has 1 amide bonds. The van der Waals surface area contributed by atoms with E-state index in [0.29, 0.717) is 25.5 Å². The van der Waals surface area contributed by atoms with E-state index in [9.17, 15) is 9.59 Å². The van der Waals surface area contributed by atoms with Crippen molar-refractivity contribution in [1.29, 1.82) is 0 Å². The van der Waals surface area contributed by atoms with Crippen molar-refractivity contribution in [3.8, 4) is 0 Å². The van der Waals surface area contributed by atoms with Gasteiger partial charge in [-0.05, 0) is 57.8 Å². The minimum Gasteiger partial charge on any atom is -0.355 e. The zero-order valence-electron chi connectivity index (χ0n) is 17.3. The number of nitrogens with zero attached hydrogens (tertiary/aromatic N) is 4. The van der Waals surface area contributed by atoms with E-state index in [0.717, 1.165) is 50.1 Å². The molecule has 0 spiro atoms. The summed E-state index contributed by atoms with van der Waals surface area (Å²) in [6.07, 6.45) is 4.06. The summed E-state index contributed by atoms with van der Waals surface area (Å²) in [5, 5.41) is 3.11. The molecule has 3 heterocycles. The normalized spacial score (nSPS) is 18.4. The van der Waals surface area contributed by atoms with Gasteiger partial charge in [-0.15, -0.1) is 0 Å². The molecule has 29 heavy (non-hydrogen) atoms. The molecule has 1 aromatic carbocycles. The number of amides is 1. The number of nitrogens with one attached hydrogen (secondary N) is 1. The number of piperidine rings is 1. The quantitative estimate of drug-likeness (QED) is 0.806. The summed E-state index contributed by atoms with van der Waals surface area (Å²) in [7, 11) is 0. The minimum atomic E-state index is -0.0419. The molecule has 7 heteroatoms. The van der Waals surface area contributed by atoms with Crippen LogP contribution >= 0.6 is 0 Å². The first-order valence-electron chi connectivity index (χ1n) is 10.9. The third kappa shape index (κ3) is 4.29. The van der Waals surface area contributed by atoms with Crippen LogP contribution in [0.1, 0.15) is 32.6 Å². The molecule has 1 aromatic heterocycles. The second-order valence-corrected chi connectivity index (χ2v) is 8.07. The van der Waals surface area contributed by atoms with E-state index in [2.05, 4.69) is 20.1 Å². The van der Waals surface area contributed by atoms with E-state index < -0.39 is 0 Å².